The van der Waals surface area contributed by atoms with Gasteiger partial charge in [-0.3, -0.25) is 4.68 Å². The number of hydrogen-bond donors (Lipinski definition) is 1. The molecule has 0 atom stereocenters. The van der Waals surface area contributed by atoms with Gasteiger partial charge >= 0.3 is 0 Å². The van der Waals surface area contributed by atoms with Gasteiger partial charge in [0.25, 0.3) is 0 Å². The van der Waals surface area contributed by atoms with E-state index >= 15 is 0 Å². The van der Waals surface area contributed by atoms with Crippen molar-refractivity contribution in [3.8, 4) is 0 Å². The van der Waals surface area contributed by atoms with Crippen molar-refractivity contribution in [2.75, 3.05) is 5.32 Å². The number of nitrogens with one attached hydrogen (secondary N) is 1. The van der Waals surface area contributed by atoms with Crippen molar-refractivity contribution < 1.29 is 0 Å². The van der Waals surface area contributed by atoms with E-state index in [-0.39, 0.29) is 12.4 Å². The van der Waals surface area contributed by atoms with Gasteiger partial charge in [-0.05, 0) is 18.4 Å². The fourth-order valence-electron chi connectivity index (χ4n) is 1.92. The van der Waals surface area contributed by atoms with Gasteiger partial charge in [0.2, 0.25) is 0 Å². The van der Waals surface area contributed by atoms with Crippen LogP contribution in [0.25, 0.3) is 0 Å². The Hall–Kier alpha value is -1.48. The van der Waals surface area contributed by atoms with E-state index < -0.39 is 0 Å². The standard InChI is InChI=1S/C15H21N3.ClH/c1-12(2)11-18-13(3)9-15(17-18)16-10-14-7-5-4-6-8-14;/h4-9,12H,10-11H2,1-3H3,(H,16,17);1H. The van der Waals surface area contributed by atoms with Gasteiger partial charge in [0, 0.05) is 24.8 Å². The Labute approximate surface area is 121 Å². The fraction of sp³-hybridized carbons (Fsp3) is 0.400. The zero-order valence-corrected chi connectivity index (χ0v) is 12.6. The quantitative estimate of drug-likeness (QED) is 0.900. The minimum absolute atomic E-state index is 0. The molecule has 0 unspecified atom stereocenters. The lowest BCUT2D eigenvalue weighted by molar-refractivity contribution is 0.475. The summed E-state index contributed by atoms with van der Waals surface area (Å²) >= 11 is 0. The monoisotopic (exact) mass is 279 g/mol. The van der Waals surface area contributed by atoms with Crippen LogP contribution in [-0.4, -0.2) is 9.78 Å². The minimum Gasteiger partial charge on any atom is -0.365 e. The van der Waals surface area contributed by atoms with Crippen molar-refractivity contribution in [1.29, 1.82) is 0 Å². The second-order valence-corrected chi connectivity index (χ2v) is 5.09. The summed E-state index contributed by atoms with van der Waals surface area (Å²) < 4.78 is 2.07. The summed E-state index contributed by atoms with van der Waals surface area (Å²) in [6.45, 7) is 8.30. The van der Waals surface area contributed by atoms with Gasteiger partial charge in [-0.1, -0.05) is 44.2 Å². The first kappa shape index (κ1) is 15.6. The van der Waals surface area contributed by atoms with Gasteiger partial charge in [0.05, 0.1) is 0 Å². The van der Waals surface area contributed by atoms with E-state index in [0.717, 1.165) is 18.9 Å². The Morgan fingerprint density at radius 2 is 1.89 bits per heavy atom. The predicted octanol–water partition coefficient (Wildman–Crippen LogP) is 3.88. The number of anilines is 1. The molecule has 1 aromatic carbocycles. The van der Waals surface area contributed by atoms with E-state index in [0.29, 0.717) is 5.92 Å². The van der Waals surface area contributed by atoms with E-state index in [1.165, 1.54) is 11.3 Å². The van der Waals surface area contributed by atoms with Crippen molar-refractivity contribution in [1.82, 2.24) is 9.78 Å². The van der Waals surface area contributed by atoms with Crippen molar-refractivity contribution in [3.63, 3.8) is 0 Å². The average molecular weight is 280 g/mol. The molecular formula is C15H22ClN3. The molecule has 0 bridgehead atoms. The Balaban J connectivity index is 0.00000180. The second-order valence-electron chi connectivity index (χ2n) is 5.09. The van der Waals surface area contributed by atoms with Crippen LogP contribution in [0.15, 0.2) is 36.4 Å². The number of nitrogens with zero attached hydrogens (tertiary/aromatic N) is 2. The molecule has 3 nitrogen and oxygen atoms in total. The van der Waals surface area contributed by atoms with Gasteiger partial charge in [0.1, 0.15) is 5.82 Å². The summed E-state index contributed by atoms with van der Waals surface area (Å²) in [5, 5.41) is 7.93. The minimum atomic E-state index is 0. The number of hydrogen-bond acceptors (Lipinski definition) is 2. The summed E-state index contributed by atoms with van der Waals surface area (Å²) in [7, 11) is 0. The molecule has 4 heteroatoms. The highest BCUT2D eigenvalue weighted by molar-refractivity contribution is 5.85. The van der Waals surface area contributed by atoms with Crippen LogP contribution in [0.1, 0.15) is 25.1 Å². The van der Waals surface area contributed by atoms with Crippen LogP contribution in [0.5, 0.6) is 0 Å². The lowest BCUT2D eigenvalue weighted by atomic mass is 10.2. The van der Waals surface area contributed by atoms with Crippen molar-refractivity contribution in [3.05, 3.63) is 47.7 Å². The maximum absolute atomic E-state index is 4.57. The van der Waals surface area contributed by atoms with Crippen LogP contribution in [0.2, 0.25) is 0 Å². The van der Waals surface area contributed by atoms with Crippen LogP contribution in [0, 0.1) is 12.8 Å². The molecule has 0 saturated carbocycles. The van der Waals surface area contributed by atoms with Gasteiger partial charge in [-0.2, -0.15) is 5.10 Å². The number of aromatic nitrogens is 2. The molecule has 0 radical (unpaired) electrons. The molecule has 0 fully saturated rings. The van der Waals surface area contributed by atoms with E-state index in [1.807, 2.05) is 6.07 Å². The summed E-state index contributed by atoms with van der Waals surface area (Å²) in [5.74, 6) is 1.57. The summed E-state index contributed by atoms with van der Waals surface area (Å²) in [6, 6.07) is 12.5. The second kappa shape index (κ2) is 7.19. The third kappa shape index (κ3) is 4.60. The molecule has 0 aliphatic carbocycles. The molecule has 104 valence electrons. The predicted molar refractivity (Wildman–Crippen MR) is 82.8 cm³/mol. The number of halogens is 1. The molecule has 1 aromatic heterocycles. The molecule has 1 heterocycles. The van der Waals surface area contributed by atoms with Gasteiger partial charge in [0.15, 0.2) is 0 Å². The molecule has 19 heavy (non-hydrogen) atoms. The largest absolute Gasteiger partial charge is 0.365 e. The maximum atomic E-state index is 4.57. The number of rotatable bonds is 5. The Kier molecular flexibility index (Phi) is 5.90. The fourth-order valence-corrected chi connectivity index (χ4v) is 1.92. The smallest absolute Gasteiger partial charge is 0.148 e. The summed E-state index contributed by atoms with van der Waals surface area (Å²) in [4.78, 5) is 0. The summed E-state index contributed by atoms with van der Waals surface area (Å²) in [6.07, 6.45) is 0. The molecule has 1 N–H and O–H groups in total. The van der Waals surface area contributed by atoms with E-state index in [1.54, 1.807) is 0 Å². The average Bonchev–Trinajstić information content (AvgIpc) is 2.68. The van der Waals surface area contributed by atoms with Crippen molar-refractivity contribution in [2.45, 2.75) is 33.9 Å². The van der Waals surface area contributed by atoms with E-state index in [9.17, 15) is 0 Å². The van der Waals surface area contributed by atoms with Crippen LogP contribution < -0.4 is 5.32 Å². The molecule has 0 saturated heterocycles. The molecule has 0 aliphatic heterocycles. The molecule has 0 aliphatic rings. The molecule has 0 spiro atoms. The van der Waals surface area contributed by atoms with Crippen LogP contribution >= 0.6 is 12.4 Å². The van der Waals surface area contributed by atoms with Crippen molar-refractivity contribution in [2.24, 2.45) is 5.92 Å². The molecule has 2 rings (SSSR count). The topological polar surface area (TPSA) is 29.9 Å². The Morgan fingerprint density at radius 1 is 1.21 bits per heavy atom. The number of aryl methyl sites for hydroxylation is 1. The zero-order chi connectivity index (χ0) is 13.0. The molecule has 2 aromatic rings. The van der Waals surface area contributed by atoms with Crippen molar-refractivity contribution >= 4 is 18.2 Å². The third-order valence-corrected chi connectivity index (χ3v) is 2.84. The molecule has 0 amide bonds. The highest BCUT2D eigenvalue weighted by Crippen LogP contribution is 2.12. The van der Waals surface area contributed by atoms with Crippen LogP contribution in [-0.2, 0) is 13.1 Å². The SMILES string of the molecule is Cc1cc(NCc2ccccc2)nn1CC(C)C.Cl. The highest BCUT2D eigenvalue weighted by Gasteiger charge is 2.05. The van der Waals surface area contributed by atoms with Gasteiger partial charge in [-0.25, -0.2) is 0 Å². The van der Waals surface area contributed by atoms with Gasteiger partial charge < -0.3 is 5.32 Å². The lowest BCUT2D eigenvalue weighted by Gasteiger charge is -2.06. The Morgan fingerprint density at radius 3 is 2.53 bits per heavy atom. The van der Waals surface area contributed by atoms with Gasteiger partial charge in [-0.15, -0.1) is 12.4 Å². The summed E-state index contributed by atoms with van der Waals surface area (Å²) in [5.41, 5.74) is 2.48. The first-order valence-corrected chi connectivity index (χ1v) is 6.47. The Bertz CT molecular complexity index is 491. The normalized spacial score (nSPS) is 10.3. The van der Waals surface area contributed by atoms with E-state index in [4.69, 9.17) is 0 Å². The zero-order valence-electron chi connectivity index (χ0n) is 11.8. The lowest BCUT2D eigenvalue weighted by Crippen LogP contribution is -2.08. The highest BCUT2D eigenvalue weighted by atomic mass is 35.5. The molecular weight excluding hydrogens is 258 g/mol. The first-order valence-electron chi connectivity index (χ1n) is 6.47. The first-order chi connectivity index (χ1) is 8.65. The number of benzene rings is 1. The van der Waals surface area contributed by atoms with Crippen LogP contribution in [0.4, 0.5) is 5.82 Å². The van der Waals surface area contributed by atoms with E-state index in [2.05, 4.69) is 66.2 Å². The maximum Gasteiger partial charge on any atom is 0.148 e. The third-order valence-electron chi connectivity index (χ3n) is 2.84. The van der Waals surface area contributed by atoms with Crippen LogP contribution in [0.3, 0.4) is 0 Å².